The zero-order valence-electron chi connectivity index (χ0n) is 18.2. The summed E-state index contributed by atoms with van der Waals surface area (Å²) in [5.74, 6) is -0.941. The van der Waals surface area contributed by atoms with Crippen molar-refractivity contribution in [2.24, 2.45) is 0 Å². The van der Waals surface area contributed by atoms with E-state index in [4.69, 9.17) is 23.2 Å². The summed E-state index contributed by atoms with van der Waals surface area (Å²) in [6.45, 7) is 4.38. The third kappa shape index (κ3) is 4.80. The van der Waals surface area contributed by atoms with Crippen molar-refractivity contribution in [3.8, 4) is 0 Å². The number of nitrogens with one attached hydrogen (secondary N) is 1. The molecule has 0 spiro atoms. The quantitative estimate of drug-likeness (QED) is 0.570. The highest BCUT2D eigenvalue weighted by Crippen LogP contribution is 2.27. The smallest absolute Gasteiger partial charge is 0.272 e. The van der Waals surface area contributed by atoms with Gasteiger partial charge in [0.05, 0.1) is 17.2 Å². The van der Waals surface area contributed by atoms with Crippen molar-refractivity contribution in [2.45, 2.75) is 25.8 Å². The monoisotopic (exact) mass is 494 g/mol. The van der Waals surface area contributed by atoms with E-state index >= 15 is 0 Å². The van der Waals surface area contributed by atoms with Gasteiger partial charge < -0.3 is 15.0 Å². The highest BCUT2D eigenvalue weighted by molar-refractivity contribution is 6.42. The average molecular weight is 495 g/mol. The van der Waals surface area contributed by atoms with E-state index in [2.05, 4.69) is 9.88 Å². The molecule has 2 aromatic heterocycles. The molecule has 10 heteroatoms. The SMILES string of the molecule is CC(CO)N1CCCN(C(=O)c2cc(Cc3c[nH]c(=O)c4cc(Cl)c(Cl)n34)ccc2F)CC1. The Labute approximate surface area is 200 Å². The summed E-state index contributed by atoms with van der Waals surface area (Å²) in [4.78, 5) is 31.7. The van der Waals surface area contributed by atoms with Gasteiger partial charge in [-0.05, 0) is 37.1 Å². The van der Waals surface area contributed by atoms with Gasteiger partial charge in [0.25, 0.3) is 11.5 Å². The molecule has 1 saturated heterocycles. The molecule has 1 unspecified atom stereocenters. The molecule has 3 aromatic rings. The lowest BCUT2D eigenvalue weighted by atomic mass is 10.0. The second kappa shape index (κ2) is 9.85. The summed E-state index contributed by atoms with van der Waals surface area (Å²) in [6, 6.07) is 5.95. The van der Waals surface area contributed by atoms with Crippen LogP contribution in [0.25, 0.3) is 5.52 Å². The Kier molecular flexibility index (Phi) is 7.09. The standard InChI is InChI=1S/C23H25Cl2FN4O3/c1-14(13-31)28-5-2-6-29(8-7-28)23(33)17-10-15(3-4-19(17)26)9-16-12-27-22(32)20-11-18(24)21(25)30(16)20/h3-4,10-12,14,31H,2,5-9,13H2,1H3,(H,27,32). The molecule has 1 atom stereocenters. The highest BCUT2D eigenvalue weighted by Gasteiger charge is 2.24. The fourth-order valence-electron chi connectivity index (χ4n) is 4.24. The zero-order chi connectivity index (χ0) is 23.7. The van der Waals surface area contributed by atoms with E-state index in [1.54, 1.807) is 21.4 Å². The van der Waals surface area contributed by atoms with Crippen molar-refractivity contribution in [1.82, 2.24) is 19.2 Å². The topological polar surface area (TPSA) is 81.0 Å². The van der Waals surface area contributed by atoms with Crippen LogP contribution in [-0.4, -0.2) is 69.0 Å². The molecular weight excluding hydrogens is 470 g/mol. The summed E-state index contributed by atoms with van der Waals surface area (Å²) in [7, 11) is 0. The lowest BCUT2D eigenvalue weighted by Gasteiger charge is -2.26. The maximum Gasteiger partial charge on any atom is 0.272 e. The van der Waals surface area contributed by atoms with E-state index in [9.17, 15) is 19.1 Å². The van der Waals surface area contributed by atoms with Gasteiger partial charge in [0, 0.05) is 50.5 Å². The fraction of sp³-hybridized carbons (Fsp3) is 0.391. The summed E-state index contributed by atoms with van der Waals surface area (Å²) in [5.41, 5.74) is 1.34. The highest BCUT2D eigenvalue weighted by atomic mass is 35.5. The zero-order valence-corrected chi connectivity index (χ0v) is 19.7. The third-order valence-corrected chi connectivity index (χ3v) is 6.90. The van der Waals surface area contributed by atoms with E-state index < -0.39 is 5.82 Å². The first-order chi connectivity index (χ1) is 15.8. The summed E-state index contributed by atoms with van der Waals surface area (Å²) in [5, 5.41) is 9.89. The molecule has 1 fully saturated rings. The Bertz CT molecular complexity index is 1240. The molecule has 0 bridgehead atoms. The Morgan fingerprint density at radius 1 is 1.21 bits per heavy atom. The fourth-order valence-corrected chi connectivity index (χ4v) is 4.69. The Morgan fingerprint density at radius 2 is 2.00 bits per heavy atom. The average Bonchev–Trinajstić information content (AvgIpc) is 2.98. The normalized spacial score (nSPS) is 16.2. The van der Waals surface area contributed by atoms with Crippen LogP contribution in [0.1, 0.15) is 35.0 Å². The Morgan fingerprint density at radius 3 is 2.76 bits per heavy atom. The number of halogens is 3. The number of carbonyl (C=O) groups excluding carboxylic acids is 1. The van der Waals surface area contributed by atoms with Crippen molar-refractivity contribution >= 4 is 34.6 Å². The first-order valence-electron chi connectivity index (χ1n) is 10.8. The van der Waals surface area contributed by atoms with Crippen LogP contribution in [0.15, 0.2) is 35.3 Å². The number of rotatable bonds is 5. The van der Waals surface area contributed by atoms with Crippen LogP contribution in [0.4, 0.5) is 4.39 Å². The molecule has 2 N–H and O–H groups in total. The minimum absolute atomic E-state index is 0.00783. The summed E-state index contributed by atoms with van der Waals surface area (Å²) in [6.07, 6.45) is 2.59. The van der Waals surface area contributed by atoms with Gasteiger partial charge >= 0.3 is 0 Å². The second-order valence-corrected chi connectivity index (χ2v) is 9.08. The number of aromatic amines is 1. The molecular formula is C23H25Cl2FN4O3. The van der Waals surface area contributed by atoms with Gasteiger partial charge in [-0.3, -0.25) is 18.9 Å². The molecule has 0 radical (unpaired) electrons. The number of fused-ring (bicyclic) bond motifs is 1. The number of hydrogen-bond acceptors (Lipinski definition) is 4. The molecule has 4 rings (SSSR count). The van der Waals surface area contributed by atoms with Crippen LogP contribution in [0.2, 0.25) is 10.2 Å². The Balaban J connectivity index is 1.59. The van der Waals surface area contributed by atoms with E-state index in [1.165, 1.54) is 18.3 Å². The van der Waals surface area contributed by atoms with Crippen molar-refractivity contribution in [3.63, 3.8) is 0 Å². The maximum absolute atomic E-state index is 14.7. The van der Waals surface area contributed by atoms with Gasteiger partial charge in [-0.2, -0.15) is 0 Å². The van der Waals surface area contributed by atoms with Crippen molar-refractivity contribution in [2.75, 3.05) is 32.8 Å². The largest absolute Gasteiger partial charge is 0.395 e. The molecule has 1 aliphatic rings. The number of aromatic nitrogens is 2. The number of hydrogen-bond donors (Lipinski definition) is 2. The van der Waals surface area contributed by atoms with Crippen LogP contribution >= 0.6 is 23.2 Å². The minimum atomic E-state index is -0.581. The number of aliphatic hydroxyl groups is 1. The number of carbonyl (C=O) groups is 1. The molecule has 176 valence electrons. The second-order valence-electron chi connectivity index (χ2n) is 8.32. The van der Waals surface area contributed by atoms with Crippen LogP contribution < -0.4 is 5.56 Å². The van der Waals surface area contributed by atoms with E-state index in [1.807, 2.05) is 6.92 Å². The van der Waals surface area contributed by atoms with Gasteiger partial charge in [0.1, 0.15) is 16.5 Å². The van der Waals surface area contributed by atoms with Crippen molar-refractivity contribution in [3.05, 3.63) is 73.6 Å². The number of H-pyrrole nitrogens is 1. The molecule has 1 aliphatic heterocycles. The van der Waals surface area contributed by atoms with Gasteiger partial charge in [0.2, 0.25) is 0 Å². The van der Waals surface area contributed by atoms with Crippen LogP contribution in [0, 0.1) is 5.82 Å². The van der Waals surface area contributed by atoms with E-state index in [-0.39, 0.29) is 39.9 Å². The third-order valence-electron chi connectivity index (χ3n) is 6.14. The Hall–Kier alpha value is -2.39. The van der Waals surface area contributed by atoms with E-state index in [0.717, 1.165) is 13.0 Å². The molecule has 3 heterocycles. The number of nitrogens with zero attached hydrogens (tertiary/aromatic N) is 3. The number of benzene rings is 1. The van der Waals surface area contributed by atoms with Gasteiger partial charge in [0.15, 0.2) is 0 Å². The first-order valence-corrected chi connectivity index (χ1v) is 11.6. The first kappa shape index (κ1) is 23.8. The lowest BCUT2D eigenvalue weighted by molar-refractivity contribution is 0.0749. The van der Waals surface area contributed by atoms with Crippen LogP contribution in [0.5, 0.6) is 0 Å². The molecule has 33 heavy (non-hydrogen) atoms. The summed E-state index contributed by atoms with van der Waals surface area (Å²) >= 11 is 12.4. The predicted octanol–water partition coefficient (Wildman–Crippen LogP) is 3.19. The van der Waals surface area contributed by atoms with Crippen molar-refractivity contribution < 1.29 is 14.3 Å². The van der Waals surface area contributed by atoms with Gasteiger partial charge in [-0.15, -0.1) is 0 Å². The minimum Gasteiger partial charge on any atom is -0.395 e. The van der Waals surface area contributed by atoms with Gasteiger partial charge in [-0.1, -0.05) is 29.3 Å². The molecule has 7 nitrogen and oxygen atoms in total. The lowest BCUT2D eigenvalue weighted by Crippen LogP contribution is -2.40. The van der Waals surface area contributed by atoms with E-state index in [0.29, 0.717) is 42.8 Å². The summed E-state index contributed by atoms with van der Waals surface area (Å²) < 4.78 is 16.2. The predicted molar refractivity (Wildman–Crippen MR) is 126 cm³/mol. The maximum atomic E-state index is 14.7. The molecule has 0 aliphatic carbocycles. The van der Waals surface area contributed by atoms with Crippen LogP contribution in [-0.2, 0) is 6.42 Å². The van der Waals surface area contributed by atoms with Crippen molar-refractivity contribution in [1.29, 1.82) is 0 Å². The van der Waals surface area contributed by atoms with Gasteiger partial charge in [-0.25, -0.2) is 4.39 Å². The number of aliphatic hydroxyl groups excluding tert-OH is 1. The number of amides is 1. The van der Waals surface area contributed by atoms with Crippen LogP contribution in [0.3, 0.4) is 0 Å². The molecule has 0 saturated carbocycles. The molecule has 1 aromatic carbocycles. The molecule has 1 amide bonds.